The van der Waals surface area contributed by atoms with Crippen LogP contribution in [-0.4, -0.2) is 36.5 Å². The van der Waals surface area contributed by atoms with Crippen molar-refractivity contribution in [2.45, 2.75) is 39.7 Å². The number of hydrogen-bond acceptors (Lipinski definition) is 2. The van der Waals surface area contributed by atoms with Crippen LogP contribution in [0.1, 0.15) is 33.6 Å². The van der Waals surface area contributed by atoms with Gasteiger partial charge in [0.15, 0.2) is 0 Å². The van der Waals surface area contributed by atoms with Crippen LogP contribution in [0.4, 0.5) is 0 Å². The summed E-state index contributed by atoms with van der Waals surface area (Å²) in [5.74, 6) is 0.949. The Hall–Kier alpha value is -0.570. The average Bonchev–Trinajstić information content (AvgIpc) is 2.07. The quantitative estimate of drug-likeness (QED) is 0.740. The molecule has 3 heteroatoms. The number of piperidine rings is 1. The van der Waals surface area contributed by atoms with Crippen molar-refractivity contribution in [3.05, 3.63) is 0 Å². The maximum atomic E-state index is 10.8. The van der Waals surface area contributed by atoms with Gasteiger partial charge < -0.3 is 10.2 Å². The molecule has 0 saturated carbocycles. The van der Waals surface area contributed by atoms with Crippen molar-refractivity contribution >= 4 is 5.91 Å². The lowest BCUT2D eigenvalue weighted by molar-refractivity contribution is -0.119. The molecule has 1 rings (SSSR count). The van der Waals surface area contributed by atoms with Crippen molar-refractivity contribution in [3.8, 4) is 0 Å². The van der Waals surface area contributed by atoms with Crippen LogP contribution in [0.2, 0.25) is 0 Å². The molecule has 1 atom stereocenters. The second kappa shape index (κ2) is 5.35. The Morgan fingerprint density at radius 1 is 1.50 bits per heavy atom. The number of likely N-dealkylation sites (tertiary alicyclic amines) is 1. The smallest absolute Gasteiger partial charge is 0.217 e. The topological polar surface area (TPSA) is 32.3 Å². The number of nitrogens with one attached hydrogen (secondary N) is 1. The zero-order chi connectivity index (χ0) is 10.6. The Bertz CT molecular complexity index is 186. The summed E-state index contributed by atoms with van der Waals surface area (Å²) in [4.78, 5) is 13.3. The van der Waals surface area contributed by atoms with Crippen molar-refractivity contribution < 1.29 is 4.79 Å². The second-order valence-corrected chi connectivity index (χ2v) is 4.58. The lowest BCUT2D eigenvalue weighted by Crippen LogP contribution is -2.43. The molecule has 0 aliphatic carbocycles. The third-order valence-corrected chi connectivity index (χ3v) is 2.86. The first-order valence-corrected chi connectivity index (χ1v) is 5.57. The van der Waals surface area contributed by atoms with Gasteiger partial charge in [-0.1, -0.05) is 6.92 Å². The third-order valence-electron chi connectivity index (χ3n) is 2.86. The summed E-state index contributed by atoms with van der Waals surface area (Å²) in [5, 5.41) is 2.92. The fourth-order valence-corrected chi connectivity index (χ4v) is 2.02. The van der Waals surface area contributed by atoms with E-state index in [4.69, 9.17) is 0 Å². The molecule has 0 bridgehead atoms. The van der Waals surface area contributed by atoms with Gasteiger partial charge in [0.2, 0.25) is 5.91 Å². The Morgan fingerprint density at radius 2 is 2.07 bits per heavy atom. The van der Waals surface area contributed by atoms with Gasteiger partial charge in [0.05, 0.1) is 0 Å². The van der Waals surface area contributed by atoms with Gasteiger partial charge in [-0.3, -0.25) is 4.79 Å². The summed E-state index contributed by atoms with van der Waals surface area (Å²) < 4.78 is 0. The predicted octanol–water partition coefficient (Wildman–Crippen LogP) is 1.24. The number of hydrogen-bond donors (Lipinski definition) is 1. The maximum absolute atomic E-state index is 10.8. The summed E-state index contributed by atoms with van der Waals surface area (Å²) in [6, 6.07) is 0.279. The molecule has 82 valence electrons. The minimum atomic E-state index is 0.0721. The van der Waals surface area contributed by atoms with Gasteiger partial charge in [0.25, 0.3) is 0 Å². The second-order valence-electron chi connectivity index (χ2n) is 4.58. The Morgan fingerprint density at radius 3 is 2.57 bits per heavy atom. The summed E-state index contributed by atoms with van der Waals surface area (Å²) in [5.41, 5.74) is 0. The molecule has 0 aromatic carbocycles. The normalized spacial score (nSPS) is 21.9. The van der Waals surface area contributed by atoms with Crippen LogP contribution in [0, 0.1) is 5.92 Å². The van der Waals surface area contributed by atoms with E-state index in [1.165, 1.54) is 25.9 Å². The fourth-order valence-electron chi connectivity index (χ4n) is 2.02. The van der Waals surface area contributed by atoms with Gasteiger partial charge >= 0.3 is 0 Å². The summed E-state index contributed by atoms with van der Waals surface area (Å²) in [6.07, 6.45) is 2.60. The average molecular weight is 198 g/mol. The predicted molar refractivity (Wildman–Crippen MR) is 58.1 cm³/mol. The molecular formula is C11H22N2O. The molecule has 0 radical (unpaired) electrons. The first-order valence-electron chi connectivity index (χ1n) is 5.57. The first-order chi connectivity index (χ1) is 6.58. The zero-order valence-corrected chi connectivity index (χ0v) is 9.55. The molecule has 0 aromatic rings. The fraction of sp³-hybridized carbons (Fsp3) is 0.909. The number of carbonyl (C=O) groups is 1. The van der Waals surface area contributed by atoms with E-state index in [0.717, 1.165) is 12.5 Å². The van der Waals surface area contributed by atoms with Gasteiger partial charge in [-0.15, -0.1) is 0 Å². The number of carbonyl (C=O) groups excluding carboxylic acids is 1. The Kier molecular flexibility index (Phi) is 4.39. The first kappa shape index (κ1) is 11.5. The van der Waals surface area contributed by atoms with Gasteiger partial charge in [0, 0.05) is 19.5 Å². The van der Waals surface area contributed by atoms with Gasteiger partial charge in [-0.25, -0.2) is 0 Å². The van der Waals surface area contributed by atoms with Crippen LogP contribution in [0.15, 0.2) is 0 Å². The molecule has 14 heavy (non-hydrogen) atoms. The molecule has 1 N–H and O–H groups in total. The van der Waals surface area contributed by atoms with E-state index in [9.17, 15) is 4.79 Å². The van der Waals surface area contributed by atoms with Crippen molar-refractivity contribution in [2.75, 3.05) is 19.6 Å². The van der Waals surface area contributed by atoms with Crippen LogP contribution in [-0.2, 0) is 4.79 Å². The van der Waals surface area contributed by atoms with E-state index in [1.54, 1.807) is 6.92 Å². The molecule has 0 aromatic heterocycles. The lowest BCUT2D eigenvalue weighted by atomic mass is 9.99. The molecule has 1 fully saturated rings. The van der Waals surface area contributed by atoms with Crippen LogP contribution < -0.4 is 5.32 Å². The molecule has 0 spiro atoms. The van der Waals surface area contributed by atoms with Crippen molar-refractivity contribution in [2.24, 2.45) is 5.92 Å². The highest BCUT2D eigenvalue weighted by molar-refractivity contribution is 5.73. The van der Waals surface area contributed by atoms with Gasteiger partial charge in [-0.2, -0.15) is 0 Å². The molecule has 1 heterocycles. The van der Waals surface area contributed by atoms with Crippen LogP contribution in [0.5, 0.6) is 0 Å². The molecule has 1 aliphatic rings. The van der Waals surface area contributed by atoms with E-state index in [1.807, 2.05) is 0 Å². The summed E-state index contributed by atoms with van der Waals surface area (Å²) >= 11 is 0. The molecule has 1 amide bonds. The zero-order valence-electron chi connectivity index (χ0n) is 9.55. The van der Waals surface area contributed by atoms with Crippen LogP contribution >= 0.6 is 0 Å². The highest BCUT2D eigenvalue weighted by Crippen LogP contribution is 2.15. The molecule has 3 nitrogen and oxygen atoms in total. The van der Waals surface area contributed by atoms with Crippen LogP contribution in [0.3, 0.4) is 0 Å². The van der Waals surface area contributed by atoms with E-state index >= 15 is 0 Å². The standard InChI is InChI=1S/C11H22N2O/c1-9-4-6-13(7-5-9)8-10(2)12-11(3)14/h9-10H,4-8H2,1-3H3,(H,12,14). The monoisotopic (exact) mass is 198 g/mol. The van der Waals surface area contributed by atoms with Crippen molar-refractivity contribution in [3.63, 3.8) is 0 Å². The highest BCUT2D eigenvalue weighted by Gasteiger charge is 2.17. The highest BCUT2D eigenvalue weighted by atomic mass is 16.1. The number of rotatable bonds is 3. The molecule has 1 unspecified atom stereocenters. The summed E-state index contributed by atoms with van der Waals surface area (Å²) in [7, 11) is 0. The van der Waals surface area contributed by atoms with E-state index in [2.05, 4.69) is 24.1 Å². The summed E-state index contributed by atoms with van der Waals surface area (Å²) in [6.45, 7) is 9.32. The Labute approximate surface area is 86.9 Å². The van der Waals surface area contributed by atoms with E-state index in [-0.39, 0.29) is 11.9 Å². The number of nitrogens with zero attached hydrogens (tertiary/aromatic N) is 1. The van der Waals surface area contributed by atoms with Gasteiger partial charge in [-0.05, 0) is 38.8 Å². The lowest BCUT2D eigenvalue weighted by Gasteiger charge is -2.32. The largest absolute Gasteiger partial charge is 0.353 e. The van der Waals surface area contributed by atoms with Gasteiger partial charge in [0.1, 0.15) is 0 Å². The maximum Gasteiger partial charge on any atom is 0.217 e. The molecular weight excluding hydrogens is 176 g/mol. The van der Waals surface area contributed by atoms with Crippen molar-refractivity contribution in [1.29, 1.82) is 0 Å². The van der Waals surface area contributed by atoms with Crippen LogP contribution in [0.25, 0.3) is 0 Å². The molecule has 1 aliphatic heterocycles. The van der Waals surface area contributed by atoms with Crippen molar-refractivity contribution in [1.82, 2.24) is 10.2 Å². The minimum Gasteiger partial charge on any atom is -0.353 e. The third kappa shape index (κ3) is 4.09. The molecule has 1 saturated heterocycles. The number of amides is 1. The van der Waals surface area contributed by atoms with E-state index in [0.29, 0.717) is 0 Å². The van der Waals surface area contributed by atoms with E-state index < -0.39 is 0 Å². The SMILES string of the molecule is CC(=O)NC(C)CN1CCC(C)CC1. The minimum absolute atomic E-state index is 0.0721. The Balaban J connectivity index is 2.20.